The molecule has 1 unspecified atom stereocenters. The number of halogens is 2. The molecule has 0 radical (unpaired) electrons. The summed E-state index contributed by atoms with van der Waals surface area (Å²) in [7, 11) is 0. The minimum absolute atomic E-state index is 0.0939. The molecule has 0 aromatic heterocycles. The predicted octanol–water partition coefficient (Wildman–Crippen LogP) is 4.05. The molecule has 0 saturated carbocycles. The van der Waals surface area contributed by atoms with Gasteiger partial charge >= 0.3 is 0 Å². The minimum Gasteiger partial charge on any atom is -0.311 e. The lowest BCUT2D eigenvalue weighted by Crippen LogP contribution is -2.41. The van der Waals surface area contributed by atoms with Gasteiger partial charge in [-0.1, -0.05) is 35.3 Å². The van der Waals surface area contributed by atoms with E-state index in [1.807, 2.05) is 12.1 Å². The van der Waals surface area contributed by atoms with Crippen LogP contribution in [-0.4, -0.2) is 12.1 Å². The molecule has 1 heterocycles. The summed E-state index contributed by atoms with van der Waals surface area (Å²) in [5, 5.41) is 3.58. The van der Waals surface area contributed by atoms with Gasteiger partial charge in [0.25, 0.3) is 0 Å². The molecule has 1 nitrogen and oxygen atoms in total. The molecule has 0 bridgehead atoms. The molecule has 17 heavy (non-hydrogen) atoms. The molecule has 1 aliphatic rings. The first-order chi connectivity index (χ1) is 8.15. The molecule has 2 rings (SSSR count). The Kier molecular flexibility index (Phi) is 4.21. The van der Waals surface area contributed by atoms with Gasteiger partial charge in [0.1, 0.15) is 5.82 Å². The summed E-state index contributed by atoms with van der Waals surface area (Å²) in [4.78, 5) is 0. The van der Waals surface area contributed by atoms with Crippen molar-refractivity contribution in [2.75, 3.05) is 6.54 Å². The van der Waals surface area contributed by atoms with E-state index in [2.05, 4.69) is 28.2 Å². The van der Waals surface area contributed by atoms with Crippen molar-refractivity contribution >= 4 is 15.9 Å². The van der Waals surface area contributed by atoms with Crippen molar-refractivity contribution in [1.29, 1.82) is 0 Å². The highest BCUT2D eigenvalue weighted by molar-refractivity contribution is 9.10. The van der Waals surface area contributed by atoms with Crippen LogP contribution in [0.25, 0.3) is 0 Å². The third-order valence-corrected chi connectivity index (χ3v) is 4.10. The van der Waals surface area contributed by atoms with Crippen LogP contribution in [0.3, 0.4) is 0 Å². The molecule has 0 aliphatic carbocycles. The number of hydrogen-bond donors (Lipinski definition) is 1. The lowest BCUT2D eigenvalue weighted by Gasteiger charge is -2.29. The smallest absolute Gasteiger partial charge is 0.127 e. The Balaban J connectivity index is 2.17. The molecule has 1 aromatic carbocycles. The molecule has 3 heteroatoms. The van der Waals surface area contributed by atoms with Gasteiger partial charge in [0.2, 0.25) is 0 Å². The van der Waals surface area contributed by atoms with Crippen LogP contribution in [0.2, 0.25) is 0 Å². The number of benzene rings is 1. The molecule has 0 spiro atoms. The van der Waals surface area contributed by atoms with Crippen molar-refractivity contribution in [1.82, 2.24) is 5.32 Å². The van der Waals surface area contributed by atoms with E-state index in [9.17, 15) is 4.39 Å². The average molecular weight is 300 g/mol. The van der Waals surface area contributed by atoms with Gasteiger partial charge in [-0.3, -0.25) is 0 Å². The van der Waals surface area contributed by atoms with Crippen LogP contribution in [0.4, 0.5) is 4.39 Å². The zero-order chi connectivity index (χ0) is 12.3. The van der Waals surface area contributed by atoms with Crippen LogP contribution in [0.15, 0.2) is 22.7 Å². The summed E-state index contributed by atoms with van der Waals surface area (Å²) in [6, 6.07) is 5.38. The fraction of sp³-hybridized carbons (Fsp3) is 0.571. The number of hydrogen-bond acceptors (Lipinski definition) is 1. The summed E-state index contributed by atoms with van der Waals surface area (Å²) in [6.45, 7) is 3.26. The third kappa shape index (κ3) is 3.08. The molecule has 1 atom stereocenters. The summed E-state index contributed by atoms with van der Waals surface area (Å²) in [6.07, 6.45) is 5.45. The number of rotatable bonds is 4. The molecule has 1 fully saturated rings. The normalized spacial score (nSPS) is 24.2. The molecule has 1 saturated heterocycles. The van der Waals surface area contributed by atoms with E-state index in [1.54, 1.807) is 6.07 Å². The SMILES string of the molecule is CCCC1(Cc2ccc(Br)cc2F)CCCN1. The van der Waals surface area contributed by atoms with Crippen LogP contribution < -0.4 is 5.32 Å². The van der Waals surface area contributed by atoms with Gasteiger partial charge in [-0.05, 0) is 49.9 Å². The molecule has 1 aromatic rings. The van der Waals surface area contributed by atoms with Gasteiger partial charge < -0.3 is 5.32 Å². The largest absolute Gasteiger partial charge is 0.311 e. The van der Waals surface area contributed by atoms with Crippen LogP contribution in [0.1, 0.15) is 38.2 Å². The van der Waals surface area contributed by atoms with Crippen LogP contribution in [0, 0.1) is 5.82 Å². The summed E-state index contributed by atoms with van der Waals surface area (Å²) >= 11 is 3.30. The number of nitrogens with one attached hydrogen (secondary N) is 1. The summed E-state index contributed by atoms with van der Waals surface area (Å²) in [5.41, 5.74) is 0.958. The van der Waals surface area contributed by atoms with E-state index in [0.717, 1.165) is 42.3 Å². The standard InChI is InChI=1S/C14H19BrFN/c1-2-6-14(7-3-8-17-14)10-11-4-5-12(15)9-13(11)16/h4-5,9,17H,2-3,6-8,10H2,1H3. The first-order valence-electron chi connectivity index (χ1n) is 6.34. The maximum absolute atomic E-state index is 13.9. The molecule has 1 N–H and O–H groups in total. The fourth-order valence-corrected chi connectivity index (χ4v) is 3.16. The second-order valence-electron chi connectivity index (χ2n) is 4.97. The van der Waals surface area contributed by atoms with Crippen molar-refractivity contribution in [3.63, 3.8) is 0 Å². The Morgan fingerprint density at radius 2 is 2.29 bits per heavy atom. The summed E-state index contributed by atoms with van der Waals surface area (Å²) < 4.78 is 14.7. The average Bonchev–Trinajstić information content (AvgIpc) is 2.72. The maximum Gasteiger partial charge on any atom is 0.127 e. The minimum atomic E-state index is -0.0939. The van der Waals surface area contributed by atoms with Crippen molar-refractivity contribution < 1.29 is 4.39 Å². The van der Waals surface area contributed by atoms with E-state index < -0.39 is 0 Å². The Hall–Kier alpha value is -0.410. The van der Waals surface area contributed by atoms with E-state index in [1.165, 1.54) is 6.42 Å². The Labute approximate surface area is 111 Å². The predicted molar refractivity (Wildman–Crippen MR) is 72.7 cm³/mol. The van der Waals surface area contributed by atoms with Gasteiger partial charge in [0.15, 0.2) is 0 Å². The summed E-state index contributed by atoms with van der Waals surface area (Å²) in [5.74, 6) is -0.0939. The van der Waals surface area contributed by atoms with E-state index in [4.69, 9.17) is 0 Å². The van der Waals surface area contributed by atoms with Gasteiger partial charge in [0.05, 0.1) is 0 Å². The zero-order valence-electron chi connectivity index (χ0n) is 10.2. The molecule has 1 aliphatic heterocycles. The first kappa shape index (κ1) is 13.0. The molecular formula is C14H19BrFN. The highest BCUT2D eigenvalue weighted by atomic mass is 79.9. The van der Waals surface area contributed by atoms with Crippen molar-refractivity contribution in [2.45, 2.75) is 44.6 Å². The Morgan fingerprint density at radius 1 is 1.47 bits per heavy atom. The van der Waals surface area contributed by atoms with Crippen molar-refractivity contribution in [3.8, 4) is 0 Å². The topological polar surface area (TPSA) is 12.0 Å². The molecule has 0 amide bonds. The fourth-order valence-electron chi connectivity index (χ4n) is 2.83. The van der Waals surface area contributed by atoms with E-state index in [0.29, 0.717) is 0 Å². The van der Waals surface area contributed by atoms with Crippen LogP contribution >= 0.6 is 15.9 Å². The quantitative estimate of drug-likeness (QED) is 0.884. The molecule has 94 valence electrons. The zero-order valence-corrected chi connectivity index (χ0v) is 11.8. The Bertz CT molecular complexity index is 386. The highest BCUT2D eigenvalue weighted by Crippen LogP contribution is 2.30. The monoisotopic (exact) mass is 299 g/mol. The van der Waals surface area contributed by atoms with Gasteiger partial charge in [-0.2, -0.15) is 0 Å². The lowest BCUT2D eigenvalue weighted by molar-refractivity contribution is 0.337. The van der Waals surface area contributed by atoms with Gasteiger partial charge in [-0.25, -0.2) is 4.39 Å². The lowest BCUT2D eigenvalue weighted by atomic mass is 9.85. The van der Waals surface area contributed by atoms with E-state index in [-0.39, 0.29) is 11.4 Å². The van der Waals surface area contributed by atoms with Crippen molar-refractivity contribution in [3.05, 3.63) is 34.1 Å². The van der Waals surface area contributed by atoms with Crippen molar-refractivity contribution in [2.24, 2.45) is 0 Å². The highest BCUT2D eigenvalue weighted by Gasteiger charge is 2.33. The van der Waals surface area contributed by atoms with Gasteiger partial charge in [0, 0.05) is 10.0 Å². The molecular weight excluding hydrogens is 281 g/mol. The van der Waals surface area contributed by atoms with Crippen LogP contribution in [-0.2, 0) is 6.42 Å². The maximum atomic E-state index is 13.9. The van der Waals surface area contributed by atoms with Gasteiger partial charge in [-0.15, -0.1) is 0 Å². The second-order valence-corrected chi connectivity index (χ2v) is 5.89. The van der Waals surface area contributed by atoms with Crippen LogP contribution in [0.5, 0.6) is 0 Å². The Morgan fingerprint density at radius 3 is 2.88 bits per heavy atom. The third-order valence-electron chi connectivity index (χ3n) is 3.60. The second kappa shape index (κ2) is 5.49. The van der Waals surface area contributed by atoms with E-state index >= 15 is 0 Å². The first-order valence-corrected chi connectivity index (χ1v) is 7.13.